The van der Waals surface area contributed by atoms with Gasteiger partial charge in [-0.15, -0.1) is 0 Å². The molecule has 6 rings (SSSR count). The molecule has 0 radical (unpaired) electrons. The van der Waals surface area contributed by atoms with Crippen molar-refractivity contribution in [2.45, 2.75) is 51.7 Å². The minimum Gasteiger partial charge on any atom is -0.479 e. The number of carboxylic acid groups (broad SMARTS) is 1. The zero-order valence-electron chi connectivity index (χ0n) is 33.3. The van der Waals surface area contributed by atoms with E-state index in [1.807, 2.05) is 159 Å². The first-order valence-electron chi connectivity index (χ1n) is 20.0. The molecule has 0 heterocycles. The van der Waals surface area contributed by atoms with Crippen LogP contribution in [-0.2, 0) is 40.2 Å². The van der Waals surface area contributed by atoms with Gasteiger partial charge in [0.2, 0.25) is 0 Å². The molecule has 0 spiro atoms. The summed E-state index contributed by atoms with van der Waals surface area (Å²) >= 11 is 0. The van der Waals surface area contributed by atoms with Gasteiger partial charge in [-0.3, -0.25) is 4.79 Å². The Hall–Kier alpha value is -6.47. The molecule has 6 aromatic carbocycles. The van der Waals surface area contributed by atoms with Gasteiger partial charge in [-0.25, -0.2) is 9.59 Å². The highest BCUT2D eigenvalue weighted by molar-refractivity contribution is 5.88. The lowest BCUT2D eigenvalue weighted by Crippen LogP contribution is -2.61. The van der Waals surface area contributed by atoms with E-state index in [9.17, 15) is 19.5 Å². The number of nitrogens with zero attached hydrogens (tertiary/aromatic N) is 1. The van der Waals surface area contributed by atoms with Crippen molar-refractivity contribution in [1.82, 2.24) is 10.2 Å². The summed E-state index contributed by atoms with van der Waals surface area (Å²) in [4.78, 5) is 43.6. The van der Waals surface area contributed by atoms with E-state index in [2.05, 4.69) is 29.6 Å². The summed E-state index contributed by atoms with van der Waals surface area (Å²) in [6.07, 6.45) is 1.16. The van der Waals surface area contributed by atoms with Crippen LogP contribution in [0.5, 0.6) is 0 Å². The van der Waals surface area contributed by atoms with Gasteiger partial charge in [-0.05, 0) is 63.3 Å². The maximum atomic E-state index is 14.6. The first-order valence-corrected chi connectivity index (χ1v) is 20.0. The van der Waals surface area contributed by atoms with E-state index >= 15 is 0 Å². The number of aryl methyl sites for hydroxylation is 1. The van der Waals surface area contributed by atoms with Crippen LogP contribution in [0.1, 0.15) is 42.5 Å². The molecule has 58 heavy (non-hydrogen) atoms. The van der Waals surface area contributed by atoms with Gasteiger partial charge in [-0.2, -0.15) is 0 Å². The Kier molecular flexibility index (Phi) is 14.3. The van der Waals surface area contributed by atoms with Gasteiger partial charge in [0.25, 0.3) is 0 Å². The van der Waals surface area contributed by atoms with Crippen molar-refractivity contribution in [2.75, 3.05) is 13.1 Å². The van der Waals surface area contributed by atoms with E-state index in [4.69, 9.17) is 4.74 Å². The van der Waals surface area contributed by atoms with E-state index < -0.39 is 29.4 Å². The lowest BCUT2D eigenvalue weighted by Gasteiger charge is -2.35. The molecule has 2 N–H and O–H groups in total. The highest BCUT2D eigenvalue weighted by Gasteiger charge is 2.42. The van der Waals surface area contributed by atoms with Crippen molar-refractivity contribution in [2.24, 2.45) is 11.8 Å². The van der Waals surface area contributed by atoms with Crippen LogP contribution in [0.3, 0.4) is 0 Å². The van der Waals surface area contributed by atoms with Crippen molar-refractivity contribution in [3.05, 3.63) is 192 Å². The van der Waals surface area contributed by atoms with Gasteiger partial charge in [0, 0.05) is 25.9 Å². The van der Waals surface area contributed by atoms with E-state index in [0.717, 1.165) is 44.5 Å². The van der Waals surface area contributed by atoms with Crippen LogP contribution >= 0.6 is 0 Å². The molecule has 7 nitrogen and oxygen atoms in total. The number of benzene rings is 6. The van der Waals surface area contributed by atoms with Crippen molar-refractivity contribution in [3.8, 4) is 22.3 Å². The molecule has 2 atom stereocenters. The first kappa shape index (κ1) is 41.2. The molecular formula is C51H52N2O5. The van der Waals surface area contributed by atoms with Crippen LogP contribution in [0.25, 0.3) is 22.3 Å². The Balaban J connectivity index is 1.28. The molecule has 0 aliphatic heterocycles. The Bertz CT molecular complexity index is 2210. The van der Waals surface area contributed by atoms with Gasteiger partial charge in [0.15, 0.2) is 0 Å². The minimum atomic E-state index is -1.70. The quantitative estimate of drug-likeness (QED) is 0.0849. The highest BCUT2D eigenvalue weighted by Crippen LogP contribution is 2.33. The summed E-state index contributed by atoms with van der Waals surface area (Å²) in [5, 5.41) is 14.1. The topological polar surface area (TPSA) is 95.9 Å². The summed E-state index contributed by atoms with van der Waals surface area (Å²) in [5.74, 6) is -2.15. The smallest absolute Gasteiger partial charge is 0.330 e. The summed E-state index contributed by atoms with van der Waals surface area (Å²) in [6, 6.07) is 54.6. The van der Waals surface area contributed by atoms with Crippen LogP contribution in [0.4, 0.5) is 4.79 Å². The number of nitrogens with one attached hydrogen (secondary N) is 1. The highest BCUT2D eigenvalue weighted by atomic mass is 16.5. The van der Waals surface area contributed by atoms with Crippen LogP contribution in [0, 0.1) is 11.8 Å². The molecule has 7 heteroatoms. The second-order valence-electron chi connectivity index (χ2n) is 15.4. The molecule has 0 aliphatic carbocycles. The predicted molar refractivity (Wildman–Crippen MR) is 231 cm³/mol. The number of hydrogen-bond acceptors (Lipinski definition) is 4. The van der Waals surface area contributed by atoms with Gasteiger partial charge in [0.1, 0.15) is 12.1 Å². The fraction of sp³-hybridized carbons (Fsp3) is 0.235. The molecule has 0 fully saturated rings. The third-order valence-corrected chi connectivity index (χ3v) is 10.4. The van der Waals surface area contributed by atoms with Crippen molar-refractivity contribution >= 4 is 18.0 Å². The van der Waals surface area contributed by atoms with Crippen molar-refractivity contribution in [3.63, 3.8) is 0 Å². The number of hydrogen-bond donors (Lipinski definition) is 2. The summed E-state index contributed by atoms with van der Waals surface area (Å²) in [6.45, 7) is 4.50. The maximum Gasteiger partial charge on any atom is 0.330 e. The lowest BCUT2D eigenvalue weighted by molar-refractivity contribution is -0.151. The number of amides is 2. The Labute approximate surface area is 342 Å². The molecular weight excluding hydrogens is 721 g/mol. The summed E-state index contributed by atoms with van der Waals surface area (Å²) in [5.41, 5.74) is 6.05. The van der Waals surface area contributed by atoms with Gasteiger partial charge >= 0.3 is 18.0 Å². The third kappa shape index (κ3) is 11.3. The molecule has 296 valence electrons. The zero-order valence-corrected chi connectivity index (χ0v) is 33.3. The number of carboxylic acids is 1. The van der Waals surface area contributed by atoms with E-state index in [1.54, 1.807) is 4.90 Å². The third-order valence-electron chi connectivity index (χ3n) is 10.4. The average Bonchev–Trinajstić information content (AvgIpc) is 3.25. The van der Waals surface area contributed by atoms with E-state index in [-0.39, 0.29) is 31.9 Å². The van der Waals surface area contributed by atoms with Crippen LogP contribution in [0.2, 0.25) is 0 Å². The molecule has 2 amide bonds. The maximum absolute atomic E-state index is 14.6. The minimum absolute atomic E-state index is 0.0374. The molecule has 1 unspecified atom stereocenters. The van der Waals surface area contributed by atoms with Crippen LogP contribution in [-0.4, -0.2) is 46.6 Å². The van der Waals surface area contributed by atoms with Crippen LogP contribution in [0.15, 0.2) is 170 Å². The SMILES string of the molecule is CC(C)CN(CC(CCc1ccccc1)C(=O)OCc1ccccc1)C(=O)N[C@@](Cc1ccccc1)(Cc1ccc(-c2ccccc2-c2ccccc2)cc1)C(=O)O. The van der Waals surface area contributed by atoms with Gasteiger partial charge in [-0.1, -0.05) is 184 Å². The van der Waals surface area contributed by atoms with Crippen molar-refractivity contribution in [1.29, 1.82) is 0 Å². The second kappa shape index (κ2) is 20.1. The fourth-order valence-electron chi connectivity index (χ4n) is 7.40. The Morgan fingerprint density at radius 2 is 1.05 bits per heavy atom. The molecule has 0 bridgehead atoms. The fourth-order valence-corrected chi connectivity index (χ4v) is 7.40. The standard InChI is InChI=1S/C51H52N2O5/c1-38(2)35-53(36-45(32-27-39-17-7-3-8-18-39)48(54)58-37-42-21-11-5-12-22-42)50(57)52-51(49(55)56,33-40-19-9-4-10-20-40)34-41-28-30-44(31-29-41)47-26-16-15-25-46(47)43-23-13-6-14-24-43/h3-26,28-31,38,45H,27,32-37H2,1-2H3,(H,52,57)(H,55,56)/t45?,51-/m0/s1. The average molecular weight is 773 g/mol. The Morgan fingerprint density at radius 3 is 1.59 bits per heavy atom. The molecule has 0 saturated heterocycles. The number of aliphatic carboxylic acids is 1. The number of rotatable bonds is 18. The van der Waals surface area contributed by atoms with E-state index in [1.165, 1.54) is 0 Å². The van der Waals surface area contributed by atoms with Crippen molar-refractivity contribution < 1.29 is 24.2 Å². The predicted octanol–water partition coefficient (Wildman–Crippen LogP) is 10.3. The normalized spacial score (nSPS) is 12.6. The van der Waals surface area contributed by atoms with E-state index in [0.29, 0.717) is 19.4 Å². The Morgan fingerprint density at radius 1 is 0.586 bits per heavy atom. The number of urea groups is 1. The second-order valence-corrected chi connectivity index (χ2v) is 15.4. The number of carbonyl (C=O) groups excluding carboxylic acids is 2. The zero-order chi connectivity index (χ0) is 40.7. The monoisotopic (exact) mass is 772 g/mol. The van der Waals surface area contributed by atoms with Gasteiger partial charge < -0.3 is 20.1 Å². The summed E-state index contributed by atoms with van der Waals surface area (Å²) < 4.78 is 5.84. The molecule has 0 aliphatic rings. The molecule has 0 aromatic heterocycles. The first-order chi connectivity index (χ1) is 28.2. The number of ether oxygens (including phenoxy) is 1. The lowest BCUT2D eigenvalue weighted by atomic mass is 9.84. The number of carbonyl (C=O) groups is 3. The largest absolute Gasteiger partial charge is 0.479 e. The summed E-state index contributed by atoms with van der Waals surface area (Å²) in [7, 11) is 0. The molecule has 6 aromatic rings. The van der Waals surface area contributed by atoms with Crippen LogP contribution < -0.4 is 5.32 Å². The van der Waals surface area contributed by atoms with Gasteiger partial charge in [0.05, 0.1) is 5.92 Å². The number of esters is 1. The molecule has 0 saturated carbocycles.